The number of halogens is 2. The van der Waals surface area contributed by atoms with Crippen LogP contribution >= 0.6 is 24.8 Å². The first-order chi connectivity index (χ1) is 13.2. The van der Waals surface area contributed by atoms with Crippen molar-refractivity contribution in [3.63, 3.8) is 0 Å². The second-order valence-electron chi connectivity index (χ2n) is 7.05. The minimum atomic E-state index is -0.455. The highest BCUT2D eigenvalue weighted by atomic mass is 35.5. The Morgan fingerprint density at radius 3 is 2.86 bits per heavy atom. The molecule has 4 rings (SSSR count). The lowest BCUT2D eigenvalue weighted by molar-refractivity contribution is -0.149. The standard InChI is InChI=1S/C19H25N5O3.2ClH/c25-18-14-4-1-2-5-15(14)21-17(22-18)13-23-10-11-27-16(12-23)19(26)24-8-3-6-20-7-9-24;;/h1-2,4-5,16,20H,3,6-13H2,(H,21,22,25);2*1H. The van der Waals surface area contributed by atoms with Crippen LogP contribution in [0.1, 0.15) is 12.2 Å². The van der Waals surface area contributed by atoms with Crippen LogP contribution < -0.4 is 10.9 Å². The number of amides is 1. The van der Waals surface area contributed by atoms with E-state index in [2.05, 4.69) is 20.2 Å². The third-order valence-corrected chi connectivity index (χ3v) is 5.11. The van der Waals surface area contributed by atoms with E-state index < -0.39 is 6.10 Å². The van der Waals surface area contributed by atoms with Crippen LogP contribution in [0.3, 0.4) is 0 Å². The molecular weight excluding hydrogens is 417 g/mol. The van der Waals surface area contributed by atoms with E-state index in [4.69, 9.17) is 4.74 Å². The van der Waals surface area contributed by atoms with E-state index in [1.807, 2.05) is 23.1 Å². The number of para-hydroxylation sites is 1. The summed E-state index contributed by atoms with van der Waals surface area (Å²) in [5, 5.41) is 3.90. The van der Waals surface area contributed by atoms with Gasteiger partial charge in [0.1, 0.15) is 11.9 Å². The molecule has 0 saturated carbocycles. The summed E-state index contributed by atoms with van der Waals surface area (Å²) in [4.78, 5) is 36.5. The normalized spacial score (nSPS) is 20.4. The summed E-state index contributed by atoms with van der Waals surface area (Å²) in [6.45, 7) is 5.48. The molecule has 1 aromatic carbocycles. The summed E-state index contributed by atoms with van der Waals surface area (Å²) in [5.41, 5.74) is 0.558. The lowest BCUT2D eigenvalue weighted by atomic mass is 10.2. The van der Waals surface area contributed by atoms with E-state index in [9.17, 15) is 9.59 Å². The minimum absolute atomic E-state index is 0. The Morgan fingerprint density at radius 2 is 2.00 bits per heavy atom. The van der Waals surface area contributed by atoms with Crippen molar-refractivity contribution in [2.75, 3.05) is 45.9 Å². The first kappa shape index (κ1) is 23.6. The summed E-state index contributed by atoms with van der Waals surface area (Å²) in [7, 11) is 0. The van der Waals surface area contributed by atoms with Crippen LogP contribution in [0.2, 0.25) is 0 Å². The van der Waals surface area contributed by atoms with Gasteiger partial charge in [0, 0.05) is 32.7 Å². The van der Waals surface area contributed by atoms with Crippen LogP contribution in [-0.2, 0) is 16.1 Å². The number of aromatic nitrogens is 2. The third kappa shape index (κ3) is 5.67. The number of carbonyl (C=O) groups excluding carboxylic acids is 1. The van der Waals surface area contributed by atoms with Gasteiger partial charge < -0.3 is 19.9 Å². The second kappa shape index (κ2) is 10.9. The lowest BCUT2D eigenvalue weighted by Gasteiger charge is -2.34. The molecule has 1 amide bonds. The monoisotopic (exact) mass is 443 g/mol. The highest BCUT2D eigenvalue weighted by Crippen LogP contribution is 2.13. The number of hydrogen-bond acceptors (Lipinski definition) is 6. The van der Waals surface area contributed by atoms with E-state index in [1.54, 1.807) is 6.07 Å². The fraction of sp³-hybridized carbons (Fsp3) is 0.526. The first-order valence-electron chi connectivity index (χ1n) is 9.52. The number of carbonyl (C=O) groups is 1. The van der Waals surface area contributed by atoms with Gasteiger partial charge in [0.2, 0.25) is 0 Å². The van der Waals surface area contributed by atoms with E-state index >= 15 is 0 Å². The van der Waals surface area contributed by atoms with E-state index in [1.165, 1.54) is 0 Å². The Morgan fingerprint density at radius 1 is 1.17 bits per heavy atom. The number of fused-ring (bicyclic) bond motifs is 1. The van der Waals surface area contributed by atoms with Crippen LogP contribution in [0.4, 0.5) is 0 Å². The number of aromatic amines is 1. The number of hydrogen-bond donors (Lipinski definition) is 2. The second-order valence-corrected chi connectivity index (χ2v) is 7.05. The third-order valence-electron chi connectivity index (χ3n) is 5.11. The topological polar surface area (TPSA) is 90.6 Å². The molecule has 2 aliphatic heterocycles. The fourth-order valence-electron chi connectivity index (χ4n) is 3.69. The maximum absolute atomic E-state index is 12.8. The van der Waals surface area contributed by atoms with Gasteiger partial charge in [-0.2, -0.15) is 0 Å². The molecule has 10 heteroatoms. The molecule has 0 bridgehead atoms. The molecule has 1 unspecified atom stereocenters. The lowest BCUT2D eigenvalue weighted by Crippen LogP contribution is -2.51. The first-order valence-corrected chi connectivity index (χ1v) is 9.52. The van der Waals surface area contributed by atoms with Gasteiger partial charge in [0.25, 0.3) is 11.5 Å². The molecule has 2 aliphatic rings. The van der Waals surface area contributed by atoms with Crippen molar-refractivity contribution in [2.24, 2.45) is 0 Å². The molecule has 2 saturated heterocycles. The Kier molecular flexibility index (Phi) is 8.85. The molecule has 160 valence electrons. The number of benzene rings is 1. The Hall–Kier alpha value is -1.71. The molecule has 2 fully saturated rings. The predicted octanol–water partition coefficient (Wildman–Crippen LogP) is 0.789. The number of morpholine rings is 1. The molecule has 1 aromatic heterocycles. The Labute approximate surface area is 181 Å². The number of H-pyrrole nitrogens is 1. The van der Waals surface area contributed by atoms with Gasteiger partial charge in [0.15, 0.2) is 0 Å². The zero-order valence-corrected chi connectivity index (χ0v) is 17.8. The molecule has 3 heterocycles. The van der Waals surface area contributed by atoms with Crippen molar-refractivity contribution in [3.8, 4) is 0 Å². The predicted molar refractivity (Wildman–Crippen MR) is 116 cm³/mol. The Balaban J connectivity index is 0.00000150. The molecule has 0 radical (unpaired) electrons. The van der Waals surface area contributed by atoms with E-state index in [-0.39, 0.29) is 36.3 Å². The van der Waals surface area contributed by atoms with Crippen LogP contribution in [0.15, 0.2) is 29.1 Å². The maximum Gasteiger partial charge on any atom is 0.258 e. The quantitative estimate of drug-likeness (QED) is 0.728. The van der Waals surface area contributed by atoms with Crippen molar-refractivity contribution in [3.05, 3.63) is 40.4 Å². The molecular formula is C19H27Cl2N5O3. The zero-order valence-electron chi connectivity index (χ0n) is 16.1. The molecule has 0 aliphatic carbocycles. The molecule has 2 aromatic rings. The molecule has 0 spiro atoms. The average molecular weight is 444 g/mol. The van der Waals surface area contributed by atoms with Gasteiger partial charge in [-0.3, -0.25) is 14.5 Å². The van der Waals surface area contributed by atoms with Crippen LogP contribution in [0, 0.1) is 0 Å². The SMILES string of the molecule is Cl.Cl.O=C(C1CN(Cc2nc3ccccc3c(=O)[nH]2)CCO1)N1CCCNCC1. The van der Waals surface area contributed by atoms with Crippen molar-refractivity contribution in [1.82, 2.24) is 25.1 Å². The number of nitrogens with zero attached hydrogens (tertiary/aromatic N) is 3. The van der Waals surface area contributed by atoms with Crippen molar-refractivity contribution in [1.29, 1.82) is 0 Å². The number of nitrogens with one attached hydrogen (secondary N) is 2. The van der Waals surface area contributed by atoms with Crippen molar-refractivity contribution < 1.29 is 9.53 Å². The van der Waals surface area contributed by atoms with E-state index in [0.29, 0.717) is 43.0 Å². The number of ether oxygens (including phenoxy) is 1. The molecule has 1 atom stereocenters. The van der Waals surface area contributed by atoms with Gasteiger partial charge in [-0.1, -0.05) is 12.1 Å². The van der Waals surface area contributed by atoms with Gasteiger partial charge in [0.05, 0.1) is 24.1 Å². The summed E-state index contributed by atoms with van der Waals surface area (Å²) in [5.74, 6) is 0.675. The zero-order chi connectivity index (χ0) is 18.6. The number of rotatable bonds is 3. The summed E-state index contributed by atoms with van der Waals surface area (Å²) in [6.07, 6.45) is 0.508. The van der Waals surface area contributed by atoms with Crippen LogP contribution in [0.25, 0.3) is 10.9 Å². The highest BCUT2D eigenvalue weighted by Gasteiger charge is 2.30. The van der Waals surface area contributed by atoms with Gasteiger partial charge >= 0.3 is 0 Å². The largest absolute Gasteiger partial charge is 0.366 e. The van der Waals surface area contributed by atoms with E-state index in [0.717, 1.165) is 32.6 Å². The summed E-state index contributed by atoms with van der Waals surface area (Å²) >= 11 is 0. The minimum Gasteiger partial charge on any atom is -0.366 e. The molecule has 2 N–H and O–H groups in total. The smallest absolute Gasteiger partial charge is 0.258 e. The summed E-state index contributed by atoms with van der Waals surface area (Å²) < 4.78 is 5.75. The molecule has 8 nitrogen and oxygen atoms in total. The highest BCUT2D eigenvalue weighted by molar-refractivity contribution is 5.85. The average Bonchev–Trinajstić information content (AvgIpc) is 2.97. The fourth-order valence-corrected chi connectivity index (χ4v) is 3.69. The summed E-state index contributed by atoms with van der Waals surface area (Å²) in [6, 6.07) is 7.31. The Bertz CT molecular complexity index is 870. The van der Waals surface area contributed by atoms with Crippen molar-refractivity contribution in [2.45, 2.75) is 19.1 Å². The van der Waals surface area contributed by atoms with Gasteiger partial charge in [-0.05, 0) is 25.1 Å². The van der Waals surface area contributed by atoms with Crippen LogP contribution in [-0.4, -0.2) is 77.7 Å². The maximum atomic E-state index is 12.8. The van der Waals surface area contributed by atoms with Crippen molar-refractivity contribution >= 4 is 41.6 Å². The molecule has 29 heavy (non-hydrogen) atoms. The van der Waals surface area contributed by atoms with Crippen LogP contribution in [0.5, 0.6) is 0 Å². The van der Waals surface area contributed by atoms with Gasteiger partial charge in [-0.25, -0.2) is 4.98 Å². The van der Waals surface area contributed by atoms with Gasteiger partial charge in [-0.15, -0.1) is 24.8 Å².